The summed E-state index contributed by atoms with van der Waals surface area (Å²) in [6.45, 7) is 3.33. The first-order chi connectivity index (χ1) is 15.1. The van der Waals surface area contributed by atoms with Gasteiger partial charge in [0, 0.05) is 23.2 Å². The van der Waals surface area contributed by atoms with Crippen LogP contribution in [0.25, 0.3) is 10.9 Å². The molecule has 1 N–H and O–H groups in total. The van der Waals surface area contributed by atoms with Crippen LogP contribution in [0.4, 0.5) is 4.39 Å². The van der Waals surface area contributed by atoms with Crippen LogP contribution in [0.15, 0.2) is 46.1 Å². The van der Waals surface area contributed by atoms with Gasteiger partial charge in [0.05, 0.1) is 29.1 Å². The van der Waals surface area contributed by atoms with E-state index in [1.807, 2.05) is 11.8 Å². The number of thioether (sulfide) groups is 1. The molecule has 0 amide bonds. The van der Waals surface area contributed by atoms with Crippen molar-refractivity contribution in [3.8, 4) is 5.75 Å². The van der Waals surface area contributed by atoms with Gasteiger partial charge in [-0.1, -0.05) is 6.07 Å². The van der Waals surface area contributed by atoms with E-state index in [0.29, 0.717) is 34.6 Å². The second-order valence-corrected chi connectivity index (χ2v) is 10.4. The molecule has 166 valence electrons. The fourth-order valence-electron chi connectivity index (χ4n) is 4.29. The first-order valence-corrected chi connectivity index (χ1v) is 12.7. The zero-order valence-corrected chi connectivity index (χ0v) is 19.4. The van der Waals surface area contributed by atoms with Crippen molar-refractivity contribution in [2.75, 3.05) is 32.5 Å². The summed E-state index contributed by atoms with van der Waals surface area (Å²) in [4.78, 5) is 6.69. The van der Waals surface area contributed by atoms with E-state index in [1.165, 1.54) is 10.4 Å². The van der Waals surface area contributed by atoms with Crippen LogP contribution in [0, 0.1) is 11.7 Å². The molecular formula is C24H29FN2O2S2. The number of aromatic nitrogens is 1. The first kappa shape index (κ1) is 22.5. The zero-order valence-electron chi connectivity index (χ0n) is 17.8. The van der Waals surface area contributed by atoms with Crippen LogP contribution in [0.3, 0.4) is 0 Å². The number of aliphatic hydroxyl groups is 1. The predicted octanol–water partition coefficient (Wildman–Crippen LogP) is 5.76. The van der Waals surface area contributed by atoms with Crippen LogP contribution in [-0.2, 0) is 0 Å². The number of halogens is 1. The lowest BCUT2D eigenvalue weighted by Gasteiger charge is -2.32. The molecule has 0 spiro atoms. The summed E-state index contributed by atoms with van der Waals surface area (Å²) in [5.41, 5.74) is 1.01. The van der Waals surface area contributed by atoms with Gasteiger partial charge in [-0.3, -0.25) is 4.98 Å². The average molecular weight is 461 g/mol. The van der Waals surface area contributed by atoms with Crippen LogP contribution < -0.4 is 4.74 Å². The van der Waals surface area contributed by atoms with Gasteiger partial charge in [0.25, 0.3) is 0 Å². The Balaban J connectivity index is 1.28. The largest absolute Gasteiger partial charge is 0.497 e. The highest BCUT2D eigenvalue weighted by molar-refractivity contribution is 8.01. The van der Waals surface area contributed by atoms with Gasteiger partial charge < -0.3 is 14.7 Å². The Labute approximate surface area is 191 Å². The third-order valence-electron chi connectivity index (χ3n) is 6.10. The van der Waals surface area contributed by atoms with E-state index in [2.05, 4.69) is 27.4 Å². The van der Waals surface area contributed by atoms with Gasteiger partial charge in [0.1, 0.15) is 11.6 Å². The number of fused-ring (bicyclic) bond motifs is 1. The Hall–Kier alpha value is -1.67. The van der Waals surface area contributed by atoms with Crippen LogP contribution >= 0.6 is 23.1 Å². The number of hydrogen-bond acceptors (Lipinski definition) is 6. The van der Waals surface area contributed by atoms with Crippen LogP contribution in [-0.4, -0.2) is 47.5 Å². The Morgan fingerprint density at radius 3 is 2.90 bits per heavy atom. The second-order valence-electron chi connectivity index (χ2n) is 8.06. The van der Waals surface area contributed by atoms with Crippen LogP contribution in [0.2, 0.25) is 0 Å². The minimum absolute atomic E-state index is 0.340. The number of benzene rings is 1. The van der Waals surface area contributed by atoms with Gasteiger partial charge in [0.2, 0.25) is 0 Å². The van der Waals surface area contributed by atoms with Crippen molar-refractivity contribution in [1.29, 1.82) is 0 Å². The van der Waals surface area contributed by atoms with E-state index >= 15 is 0 Å². The number of piperidine rings is 1. The van der Waals surface area contributed by atoms with Crippen molar-refractivity contribution >= 4 is 34.0 Å². The number of methoxy groups -OCH3 is 1. The lowest BCUT2D eigenvalue weighted by atomic mass is 9.89. The number of pyridine rings is 1. The molecule has 1 aliphatic rings. The minimum atomic E-state index is -0.835. The van der Waals surface area contributed by atoms with E-state index in [-0.39, 0.29) is 0 Å². The van der Waals surface area contributed by atoms with E-state index in [1.54, 1.807) is 36.6 Å². The van der Waals surface area contributed by atoms with Crippen molar-refractivity contribution < 1.29 is 14.2 Å². The molecule has 2 aromatic heterocycles. The maximum atomic E-state index is 14.6. The highest BCUT2D eigenvalue weighted by atomic mass is 32.2. The van der Waals surface area contributed by atoms with Gasteiger partial charge in [-0.25, -0.2) is 4.39 Å². The summed E-state index contributed by atoms with van der Waals surface area (Å²) >= 11 is 3.74. The molecule has 1 fully saturated rings. The number of thiophene rings is 1. The van der Waals surface area contributed by atoms with Gasteiger partial charge in [-0.05, 0) is 74.3 Å². The summed E-state index contributed by atoms with van der Waals surface area (Å²) in [7, 11) is 1.58. The van der Waals surface area contributed by atoms with Gasteiger partial charge in [0.15, 0.2) is 0 Å². The molecule has 0 aliphatic carbocycles. The number of hydrogen-bond donors (Lipinski definition) is 1. The van der Waals surface area contributed by atoms with Gasteiger partial charge in [-0.2, -0.15) is 0 Å². The number of aliphatic hydroxyl groups excluding tert-OH is 1. The van der Waals surface area contributed by atoms with Gasteiger partial charge >= 0.3 is 0 Å². The van der Waals surface area contributed by atoms with Crippen molar-refractivity contribution in [3.05, 3.63) is 53.3 Å². The minimum Gasteiger partial charge on any atom is -0.497 e. The Morgan fingerprint density at radius 2 is 2.16 bits per heavy atom. The van der Waals surface area contributed by atoms with Crippen LogP contribution in [0.5, 0.6) is 5.75 Å². The Morgan fingerprint density at radius 1 is 1.32 bits per heavy atom. The third kappa shape index (κ3) is 5.77. The number of ether oxygens (including phenoxy) is 1. The molecule has 4 rings (SSSR count). The summed E-state index contributed by atoms with van der Waals surface area (Å²) < 4.78 is 21.2. The topological polar surface area (TPSA) is 45.6 Å². The predicted molar refractivity (Wildman–Crippen MR) is 127 cm³/mol. The van der Waals surface area contributed by atoms with Crippen molar-refractivity contribution in [2.45, 2.75) is 36.0 Å². The molecule has 3 aromatic rings. The van der Waals surface area contributed by atoms with Crippen molar-refractivity contribution in [1.82, 2.24) is 9.88 Å². The fraction of sp³-hybridized carbons (Fsp3) is 0.458. The fourth-order valence-corrected chi connectivity index (χ4v) is 6.15. The molecule has 1 unspecified atom stereocenters. The molecule has 1 atom stereocenters. The summed E-state index contributed by atoms with van der Waals surface area (Å²) in [5, 5.41) is 13.6. The SMILES string of the molecule is COc1ccc2ncc(F)c(C(O)CCC3CCN(CCSc4cccs4)CC3)c2c1. The number of rotatable bonds is 9. The van der Waals surface area contributed by atoms with Crippen molar-refractivity contribution in [2.24, 2.45) is 5.92 Å². The number of likely N-dealkylation sites (tertiary alicyclic amines) is 1. The maximum Gasteiger partial charge on any atom is 0.147 e. The average Bonchev–Trinajstić information content (AvgIpc) is 3.31. The number of nitrogens with zero attached hydrogens (tertiary/aromatic N) is 2. The quantitative estimate of drug-likeness (QED) is 0.411. The van der Waals surface area contributed by atoms with Crippen LogP contribution in [0.1, 0.15) is 37.4 Å². The maximum absolute atomic E-state index is 14.6. The summed E-state index contributed by atoms with van der Waals surface area (Å²) in [6.07, 6.45) is 4.13. The molecule has 7 heteroatoms. The second kappa shape index (κ2) is 10.8. The lowest BCUT2D eigenvalue weighted by Crippen LogP contribution is -2.35. The zero-order chi connectivity index (χ0) is 21.6. The summed E-state index contributed by atoms with van der Waals surface area (Å²) in [6, 6.07) is 9.64. The van der Waals surface area contributed by atoms with Gasteiger partial charge in [-0.15, -0.1) is 23.1 Å². The molecule has 1 aliphatic heterocycles. The molecule has 0 saturated carbocycles. The van der Waals surface area contributed by atoms with E-state index < -0.39 is 11.9 Å². The molecule has 0 bridgehead atoms. The molecule has 31 heavy (non-hydrogen) atoms. The molecule has 1 aromatic carbocycles. The highest BCUT2D eigenvalue weighted by Gasteiger charge is 2.23. The summed E-state index contributed by atoms with van der Waals surface area (Å²) in [5.74, 6) is 1.90. The first-order valence-electron chi connectivity index (χ1n) is 10.8. The lowest BCUT2D eigenvalue weighted by molar-refractivity contribution is 0.134. The molecule has 1 saturated heterocycles. The van der Waals surface area contributed by atoms with E-state index in [4.69, 9.17) is 4.74 Å². The smallest absolute Gasteiger partial charge is 0.147 e. The molecule has 0 radical (unpaired) electrons. The van der Waals surface area contributed by atoms with Crippen molar-refractivity contribution in [3.63, 3.8) is 0 Å². The normalized spacial score (nSPS) is 16.6. The molecule has 3 heterocycles. The Bertz CT molecular complexity index is 975. The van der Waals surface area contributed by atoms with E-state index in [9.17, 15) is 9.50 Å². The molecule has 4 nitrogen and oxygen atoms in total. The monoisotopic (exact) mass is 460 g/mol. The third-order valence-corrected chi connectivity index (χ3v) is 8.21. The molecular weight excluding hydrogens is 431 g/mol. The standard InChI is InChI=1S/C24H29FN2O2S2/c1-29-18-5-6-21-19(15-18)24(20(25)16-26-21)22(28)7-4-17-8-10-27(11-9-17)12-14-31-23-3-2-13-30-23/h2-3,5-6,13,15-17,22,28H,4,7-12,14H2,1H3. The van der Waals surface area contributed by atoms with E-state index in [0.717, 1.165) is 44.6 Å². The Kier molecular flexibility index (Phi) is 7.82. The highest BCUT2D eigenvalue weighted by Crippen LogP contribution is 2.33.